The topological polar surface area (TPSA) is 53.4 Å². The number of piperazine rings is 1. The summed E-state index contributed by atoms with van der Waals surface area (Å²) in [4.78, 5) is 19.0. The quantitative estimate of drug-likeness (QED) is 0.239. The molecule has 1 saturated heterocycles. The molecule has 4 aromatic rings. The largest absolute Gasteiger partial charge is 0.416 e. The van der Waals surface area contributed by atoms with Gasteiger partial charge in [-0.1, -0.05) is 35.6 Å². The molecular weight excluding hydrogens is 551 g/mol. The molecule has 1 N–H and O–H groups in total. The predicted molar refractivity (Wildman–Crippen MR) is 157 cm³/mol. The number of alkyl halides is 3. The molecule has 0 atom stereocenters. The maximum atomic E-state index is 13.0. The number of nitrogens with zero attached hydrogens (tertiary/aromatic N) is 4. The molecule has 1 fully saturated rings. The SMILES string of the molecule is CN1CCN(Cc2ccc(C=O)cc2C(F)(F)F)CC1.CNc1ccc(Cl)c(C#Cc2cncc3c2ccn3C)c1. The number of fused-ring (bicyclic) bond motifs is 1. The second-order valence-corrected chi connectivity index (χ2v) is 10.3. The minimum Gasteiger partial charge on any atom is -0.388 e. The lowest BCUT2D eigenvalue weighted by Crippen LogP contribution is -2.44. The normalized spacial score (nSPS) is 14.1. The highest BCUT2D eigenvalue weighted by molar-refractivity contribution is 6.31. The fraction of sp³-hybridized carbons (Fsp3) is 0.290. The predicted octanol–water partition coefficient (Wildman–Crippen LogP) is 5.93. The van der Waals surface area contributed by atoms with Gasteiger partial charge >= 0.3 is 6.18 Å². The zero-order valence-electron chi connectivity index (χ0n) is 23.1. The number of rotatable bonds is 4. The van der Waals surface area contributed by atoms with Gasteiger partial charge < -0.3 is 14.8 Å². The Kier molecular flexibility index (Phi) is 9.71. The Labute approximate surface area is 242 Å². The first kappa shape index (κ1) is 30.1. The van der Waals surface area contributed by atoms with E-state index in [1.165, 1.54) is 12.1 Å². The Bertz CT molecular complexity index is 1580. The third-order valence-corrected chi connectivity index (χ3v) is 7.29. The highest BCUT2D eigenvalue weighted by Gasteiger charge is 2.34. The van der Waals surface area contributed by atoms with Crippen LogP contribution >= 0.6 is 11.6 Å². The Morgan fingerprint density at radius 1 is 1.00 bits per heavy atom. The van der Waals surface area contributed by atoms with Gasteiger partial charge in [-0.15, -0.1) is 0 Å². The van der Waals surface area contributed by atoms with Gasteiger partial charge in [-0.05, 0) is 42.9 Å². The number of carbonyl (C=O) groups is 1. The van der Waals surface area contributed by atoms with E-state index in [9.17, 15) is 18.0 Å². The van der Waals surface area contributed by atoms with Gasteiger partial charge in [-0.2, -0.15) is 13.2 Å². The van der Waals surface area contributed by atoms with E-state index in [0.717, 1.165) is 60.0 Å². The summed E-state index contributed by atoms with van der Waals surface area (Å²) >= 11 is 6.19. The summed E-state index contributed by atoms with van der Waals surface area (Å²) in [5, 5.41) is 4.83. The fourth-order valence-corrected chi connectivity index (χ4v) is 4.67. The lowest BCUT2D eigenvalue weighted by molar-refractivity contribution is -0.138. The molecule has 1 aliphatic rings. The van der Waals surface area contributed by atoms with Crippen LogP contribution in [0.3, 0.4) is 0 Å². The summed E-state index contributed by atoms with van der Waals surface area (Å²) in [6.07, 6.45) is 1.64. The van der Waals surface area contributed by atoms with Gasteiger partial charge in [0.1, 0.15) is 6.29 Å². The van der Waals surface area contributed by atoms with Crippen molar-refractivity contribution in [2.75, 3.05) is 45.6 Å². The zero-order chi connectivity index (χ0) is 29.6. The van der Waals surface area contributed by atoms with E-state index in [4.69, 9.17) is 11.6 Å². The number of aryl methyl sites for hydroxylation is 1. The number of nitrogens with one attached hydrogen (secondary N) is 1. The van der Waals surface area contributed by atoms with Crippen molar-refractivity contribution in [3.8, 4) is 11.8 Å². The number of hydrogen-bond acceptors (Lipinski definition) is 5. The van der Waals surface area contributed by atoms with Crippen LogP contribution < -0.4 is 5.32 Å². The van der Waals surface area contributed by atoms with Crippen LogP contribution in [0.15, 0.2) is 61.1 Å². The van der Waals surface area contributed by atoms with E-state index in [0.29, 0.717) is 11.3 Å². The summed E-state index contributed by atoms with van der Waals surface area (Å²) in [6.45, 7) is 3.48. The van der Waals surface area contributed by atoms with Gasteiger partial charge in [0.15, 0.2) is 0 Å². The van der Waals surface area contributed by atoms with Crippen LogP contribution in [-0.2, 0) is 19.8 Å². The molecule has 5 rings (SSSR count). The van der Waals surface area contributed by atoms with Gasteiger partial charge in [0.25, 0.3) is 0 Å². The third-order valence-electron chi connectivity index (χ3n) is 6.96. The van der Waals surface area contributed by atoms with E-state index >= 15 is 0 Å². The summed E-state index contributed by atoms with van der Waals surface area (Å²) in [5.41, 5.74) is 3.33. The van der Waals surface area contributed by atoms with Crippen LogP contribution in [0.1, 0.15) is 32.6 Å². The number of aldehydes is 1. The van der Waals surface area contributed by atoms with Crippen molar-refractivity contribution in [3.05, 3.63) is 93.9 Å². The van der Waals surface area contributed by atoms with Gasteiger partial charge in [0.05, 0.1) is 27.9 Å². The van der Waals surface area contributed by atoms with Crippen molar-refractivity contribution in [3.63, 3.8) is 0 Å². The van der Waals surface area contributed by atoms with Gasteiger partial charge in [0, 0.05) is 81.4 Å². The molecule has 10 heteroatoms. The highest BCUT2D eigenvalue weighted by Crippen LogP contribution is 2.33. The Balaban J connectivity index is 0.000000189. The molecule has 0 bridgehead atoms. The molecule has 0 saturated carbocycles. The smallest absolute Gasteiger partial charge is 0.388 e. The highest BCUT2D eigenvalue weighted by atomic mass is 35.5. The standard InChI is InChI=1S/C17H14ClN3.C14H17F3N2O/c1-19-14-5-6-16(18)12(9-14)3-4-13-10-20-11-17-15(13)7-8-21(17)2;1-18-4-6-19(7-5-18)9-12-3-2-11(10-20)8-13(12)14(15,16)17/h5-11,19H,1-2H3;2-3,8,10H,4-7,9H2,1H3. The lowest BCUT2D eigenvalue weighted by Gasteiger charge is -2.32. The number of pyridine rings is 1. The van der Waals surface area contributed by atoms with Crippen molar-refractivity contribution in [1.29, 1.82) is 0 Å². The Morgan fingerprint density at radius 2 is 1.73 bits per heavy atom. The number of carbonyl (C=O) groups excluding carboxylic acids is 1. The van der Waals surface area contributed by atoms with E-state index < -0.39 is 11.7 Å². The second kappa shape index (κ2) is 13.2. The van der Waals surface area contributed by atoms with Crippen LogP contribution in [0.4, 0.5) is 18.9 Å². The minimum absolute atomic E-state index is 0.0550. The van der Waals surface area contributed by atoms with E-state index in [2.05, 4.69) is 27.0 Å². The molecule has 0 aliphatic carbocycles. The molecule has 0 spiro atoms. The maximum absolute atomic E-state index is 13.0. The zero-order valence-corrected chi connectivity index (χ0v) is 23.9. The molecule has 6 nitrogen and oxygen atoms in total. The van der Waals surface area contributed by atoms with Crippen LogP contribution in [0, 0.1) is 11.8 Å². The van der Waals surface area contributed by atoms with Crippen LogP contribution in [-0.4, -0.2) is 65.9 Å². The number of benzene rings is 2. The molecule has 1 aliphatic heterocycles. The minimum atomic E-state index is -4.43. The first-order chi connectivity index (χ1) is 19.6. The van der Waals surface area contributed by atoms with Crippen molar-refractivity contribution < 1.29 is 18.0 Å². The summed E-state index contributed by atoms with van der Waals surface area (Å²) < 4.78 is 41.1. The van der Waals surface area contributed by atoms with Gasteiger partial charge in [-0.3, -0.25) is 14.7 Å². The lowest BCUT2D eigenvalue weighted by atomic mass is 10.0. The Morgan fingerprint density at radius 3 is 2.41 bits per heavy atom. The average Bonchev–Trinajstić information content (AvgIpc) is 3.35. The van der Waals surface area contributed by atoms with Crippen LogP contribution in [0.2, 0.25) is 5.02 Å². The number of aromatic nitrogens is 2. The number of likely N-dealkylation sites (N-methyl/N-ethyl adjacent to an activating group) is 1. The summed E-state index contributed by atoms with van der Waals surface area (Å²) in [6, 6.07) is 11.5. The number of anilines is 1. The van der Waals surface area contributed by atoms with Gasteiger partial charge in [-0.25, -0.2) is 0 Å². The molecule has 3 heterocycles. The summed E-state index contributed by atoms with van der Waals surface area (Å²) in [5.74, 6) is 6.31. The molecule has 2 aromatic carbocycles. The molecule has 214 valence electrons. The van der Waals surface area contributed by atoms with E-state index in [-0.39, 0.29) is 17.7 Å². The van der Waals surface area contributed by atoms with Crippen LogP contribution in [0.25, 0.3) is 10.9 Å². The third kappa shape index (κ3) is 7.67. The summed E-state index contributed by atoms with van der Waals surface area (Å²) in [7, 11) is 5.86. The molecule has 41 heavy (non-hydrogen) atoms. The first-order valence-electron chi connectivity index (χ1n) is 13.0. The molecule has 0 amide bonds. The molecule has 0 unspecified atom stereocenters. The average molecular weight is 582 g/mol. The molecular formula is C31H31ClF3N5O. The van der Waals surface area contributed by atoms with E-state index in [1.807, 2.05) is 67.3 Å². The fourth-order valence-electron chi connectivity index (χ4n) is 4.51. The van der Waals surface area contributed by atoms with Crippen molar-refractivity contribution in [1.82, 2.24) is 19.4 Å². The first-order valence-corrected chi connectivity index (χ1v) is 13.4. The van der Waals surface area contributed by atoms with Crippen molar-refractivity contribution in [2.24, 2.45) is 7.05 Å². The van der Waals surface area contributed by atoms with Crippen molar-refractivity contribution in [2.45, 2.75) is 12.7 Å². The molecule has 0 radical (unpaired) electrons. The molecule has 2 aromatic heterocycles. The number of halogens is 4. The Hall–Kier alpha value is -3.84. The number of hydrogen-bond donors (Lipinski definition) is 1. The second-order valence-electron chi connectivity index (χ2n) is 9.85. The van der Waals surface area contributed by atoms with Crippen molar-refractivity contribution >= 4 is 34.5 Å². The maximum Gasteiger partial charge on any atom is 0.416 e. The van der Waals surface area contributed by atoms with Crippen LogP contribution in [0.5, 0.6) is 0 Å². The van der Waals surface area contributed by atoms with Gasteiger partial charge in [0.2, 0.25) is 0 Å². The monoisotopic (exact) mass is 581 g/mol. The van der Waals surface area contributed by atoms with E-state index in [1.54, 1.807) is 6.20 Å².